The molecule has 26 heavy (non-hydrogen) atoms. The van der Waals surface area contributed by atoms with Crippen molar-refractivity contribution in [1.29, 1.82) is 0 Å². The first-order valence-corrected chi connectivity index (χ1v) is 7.70. The van der Waals surface area contributed by atoms with Crippen LogP contribution in [0.2, 0.25) is 0 Å². The number of halogens is 3. The highest BCUT2D eigenvalue weighted by Gasteiger charge is 2.22. The van der Waals surface area contributed by atoms with Crippen LogP contribution in [0.1, 0.15) is 12.0 Å². The van der Waals surface area contributed by atoms with Gasteiger partial charge in [-0.15, -0.1) is 0 Å². The summed E-state index contributed by atoms with van der Waals surface area (Å²) < 4.78 is 46.0. The second-order valence-electron chi connectivity index (χ2n) is 5.72. The van der Waals surface area contributed by atoms with Gasteiger partial charge < -0.3 is 14.7 Å². The van der Waals surface area contributed by atoms with Gasteiger partial charge in [-0.3, -0.25) is 9.36 Å². The van der Waals surface area contributed by atoms with Crippen molar-refractivity contribution in [2.75, 3.05) is 18.0 Å². The molecule has 10 heteroatoms. The van der Waals surface area contributed by atoms with Gasteiger partial charge in [0, 0.05) is 19.2 Å². The van der Waals surface area contributed by atoms with Crippen LogP contribution in [0.5, 0.6) is 5.88 Å². The van der Waals surface area contributed by atoms with E-state index in [1.807, 2.05) is 0 Å². The Morgan fingerprint density at radius 2 is 1.88 bits per heavy atom. The number of aromatic nitrogens is 2. The highest BCUT2D eigenvalue weighted by atomic mass is 19.2. The van der Waals surface area contributed by atoms with Crippen molar-refractivity contribution in [3.63, 3.8) is 0 Å². The van der Waals surface area contributed by atoms with Gasteiger partial charge in [0.1, 0.15) is 19.0 Å². The number of nitrogens with zero attached hydrogens (tertiary/aromatic N) is 3. The van der Waals surface area contributed by atoms with Crippen molar-refractivity contribution < 1.29 is 27.8 Å². The van der Waals surface area contributed by atoms with Gasteiger partial charge in [0.05, 0.1) is 0 Å². The summed E-state index contributed by atoms with van der Waals surface area (Å²) in [6, 6.07) is 2.94. The predicted octanol–water partition coefficient (Wildman–Crippen LogP) is 1.53. The molecule has 0 unspecified atom stereocenters. The molecule has 1 aromatic heterocycles. The molecule has 0 spiro atoms. The summed E-state index contributed by atoms with van der Waals surface area (Å²) in [6.07, 6.45) is 0.593. The molecule has 138 valence electrons. The molecule has 0 amide bonds. The molecule has 3 rings (SSSR count). The monoisotopic (exact) mass is 369 g/mol. The number of carboxylic acid groups (broad SMARTS) is 1. The molecular formula is C16H14F3N3O4. The van der Waals surface area contributed by atoms with Crippen LogP contribution in [0.25, 0.3) is 0 Å². The second kappa shape index (κ2) is 7.06. The van der Waals surface area contributed by atoms with Crippen LogP contribution in [0, 0.1) is 17.5 Å². The number of ether oxygens (including phenoxy) is 1. The Bertz CT molecular complexity index is 893. The summed E-state index contributed by atoms with van der Waals surface area (Å²) in [5.74, 6) is -5.12. The smallest absolute Gasteiger partial charge is 0.352 e. The van der Waals surface area contributed by atoms with Crippen molar-refractivity contribution in [1.82, 2.24) is 9.55 Å². The third-order valence-electron chi connectivity index (χ3n) is 3.86. The van der Waals surface area contributed by atoms with E-state index >= 15 is 0 Å². The lowest BCUT2D eigenvalue weighted by atomic mass is 10.2. The molecule has 0 saturated heterocycles. The third-order valence-corrected chi connectivity index (χ3v) is 3.86. The summed E-state index contributed by atoms with van der Waals surface area (Å²) in [7, 11) is 0. The van der Waals surface area contributed by atoms with Gasteiger partial charge >= 0.3 is 11.7 Å². The highest BCUT2D eigenvalue weighted by molar-refractivity contribution is 5.73. The zero-order chi connectivity index (χ0) is 18.8. The SMILES string of the molecule is O=C(O)CN1CCCn2c1cc(OCc1cc(F)c(F)c(F)c1)nc2=O. The Balaban J connectivity index is 1.84. The Hall–Kier alpha value is -3.04. The molecule has 1 N–H and O–H groups in total. The number of carbonyl (C=O) groups is 1. The molecular weight excluding hydrogens is 355 g/mol. The number of hydrogen-bond donors (Lipinski definition) is 1. The van der Waals surface area contributed by atoms with Crippen LogP contribution in [0.3, 0.4) is 0 Å². The molecule has 0 aliphatic carbocycles. The maximum Gasteiger partial charge on any atom is 0.352 e. The molecule has 1 aromatic carbocycles. The number of aliphatic carboxylic acids is 1. The highest BCUT2D eigenvalue weighted by Crippen LogP contribution is 2.22. The van der Waals surface area contributed by atoms with Gasteiger partial charge in [0.2, 0.25) is 5.88 Å². The van der Waals surface area contributed by atoms with E-state index in [0.29, 0.717) is 25.3 Å². The minimum atomic E-state index is -1.58. The van der Waals surface area contributed by atoms with Gasteiger partial charge in [-0.05, 0) is 24.1 Å². The minimum absolute atomic E-state index is 0.0171. The Labute approximate surface area is 145 Å². The van der Waals surface area contributed by atoms with Crippen molar-refractivity contribution in [3.8, 4) is 5.88 Å². The van der Waals surface area contributed by atoms with Gasteiger partial charge in [-0.1, -0.05) is 0 Å². The molecule has 2 heterocycles. The average Bonchev–Trinajstić information content (AvgIpc) is 2.58. The molecule has 0 fully saturated rings. The third kappa shape index (κ3) is 3.63. The fraction of sp³-hybridized carbons (Fsp3) is 0.312. The summed E-state index contributed by atoms with van der Waals surface area (Å²) in [4.78, 5) is 28.3. The van der Waals surface area contributed by atoms with Crippen LogP contribution in [-0.4, -0.2) is 33.7 Å². The Morgan fingerprint density at radius 1 is 1.19 bits per heavy atom. The van der Waals surface area contributed by atoms with E-state index in [4.69, 9.17) is 9.84 Å². The number of anilines is 1. The number of hydrogen-bond acceptors (Lipinski definition) is 5. The summed E-state index contributed by atoms with van der Waals surface area (Å²) in [5.41, 5.74) is -0.604. The number of benzene rings is 1. The van der Waals surface area contributed by atoms with Gasteiger partial charge in [0.25, 0.3) is 0 Å². The van der Waals surface area contributed by atoms with Crippen LogP contribution in [0.4, 0.5) is 19.0 Å². The molecule has 0 radical (unpaired) electrons. The molecule has 1 aliphatic rings. The number of fused-ring (bicyclic) bond motifs is 1. The van der Waals surface area contributed by atoms with E-state index < -0.39 is 29.1 Å². The molecule has 1 aliphatic heterocycles. The quantitative estimate of drug-likeness (QED) is 0.805. The maximum atomic E-state index is 13.2. The van der Waals surface area contributed by atoms with Crippen LogP contribution in [-0.2, 0) is 17.9 Å². The van der Waals surface area contributed by atoms with Crippen molar-refractivity contribution >= 4 is 11.8 Å². The molecule has 0 bridgehead atoms. The van der Waals surface area contributed by atoms with E-state index in [9.17, 15) is 22.8 Å². The fourth-order valence-electron chi connectivity index (χ4n) is 2.73. The van der Waals surface area contributed by atoms with E-state index in [-0.39, 0.29) is 24.6 Å². The lowest BCUT2D eigenvalue weighted by molar-refractivity contribution is -0.135. The van der Waals surface area contributed by atoms with Crippen molar-refractivity contribution in [3.05, 3.63) is 51.7 Å². The predicted molar refractivity (Wildman–Crippen MR) is 83.6 cm³/mol. The van der Waals surface area contributed by atoms with E-state index in [0.717, 1.165) is 12.1 Å². The van der Waals surface area contributed by atoms with Crippen LogP contribution < -0.4 is 15.3 Å². The van der Waals surface area contributed by atoms with Crippen LogP contribution in [0.15, 0.2) is 23.0 Å². The Morgan fingerprint density at radius 3 is 2.54 bits per heavy atom. The second-order valence-corrected chi connectivity index (χ2v) is 5.72. The van der Waals surface area contributed by atoms with E-state index in [2.05, 4.69) is 4.98 Å². The first kappa shape index (κ1) is 17.8. The molecule has 0 atom stereocenters. The van der Waals surface area contributed by atoms with Crippen LogP contribution >= 0.6 is 0 Å². The van der Waals surface area contributed by atoms with E-state index in [1.54, 1.807) is 0 Å². The van der Waals surface area contributed by atoms with Crippen molar-refractivity contribution in [2.45, 2.75) is 19.6 Å². The first-order valence-electron chi connectivity index (χ1n) is 7.70. The lowest BCUT2D eigenvalue weighted by Crippen LogP contribution is -2.41. The van der Waals surface area contributed by atoms with Gasteiger partial charge in [-0.2, -0.15) is 4.98 Å². The summed E-state index contributed by atoms with van der Waals surface area (Å²) in [5, 5.41) is 8.98. The normalized spacial score (nSPS) is 13.4. The fourth-order valence-corrected chi connectivity index (χ4v) is 2.73. The zero-order valence-corrected chi connectivity index (χ0v) is 13.4. The topological polar surface area (TPSA) is 84.7 Å². The van der Waals surface area contributed by atoms with Crippen molar-refractivity contribution in [2.24, 2.45) is 0 Å². The standard InChI is InChI=1S/C16H14F3N3O4/c17-10-4-9(5-11(18)15(10)19)8-26-12-6-13-21(7-14(23)24)2-1-3-22(13)16(25)20-12/h4-6H,1-3,7-8H2,(H,23,24). The lowest BCUT2D eigenvalue weighted by Gasteiger charge is -2.30. The summed E-state index contributed by atoms with van der Waals surface area (Å²) in [6.45, 7) is 0.204. The molecule has 7 nitrogen and oxygen atoms in total. The minimum Gasteiger partial charge on any atom is -0.480 e. The van der Waals surface area contributed by atoms with E-state index in [1.165, 1.54) is 15.5 Å². The average molecular weight is 369 g/mol. The number of carboxylic acids is 1. The summed E-state index contributed by atoms with van der Waals surface area (Å²) >= 11 is 0. The zero-order valence-electron chi connectivity index (χ0n) is 13.4. The largest absolute Gasteiger partial charge is 0.480 e. The Kier molecular flexibility index (Phi) is 4.83. The number of rotatable bonds is 5. The van der Waals surface area contributed by atoms with Gasteiger partial charge in [0.15, 0.2) is 17.5 Å². The molecule has 2 aromatic rings. The molecule has 0 saturated carbocycles. The maximum absolute atomic E-state index is 13.2. The first-order chi connectivity index (χ1) is 12.3. The van der Waals surface area contributed by atoms with Gasteiger partial charge in [-0.25, -0.2) is 18.0 Å².